The molecule has 1 unspecified atom stereocenters. The van der Waals surface area contributed by atoms with Crippen molar-refractivity contribution in [3.8, 4) is 0 Å². The van der Waals surface area contributed by atoms with Crippen LogP contribution in [0.5, 0.6) is 0 Å². The molecule has 110 valence electrons. The van der Waals surface area contributed by atoms with Gasteiger partial charge in [0, 0.05) is 4.47 Å². The lowest BCUT2D eigenvalue weighted by molar-refractivity contribution is -0.139. The van der Waals surface area contributed by atoms with E-state index in [-0.39, 0.29) is 20.9 Å². The molecule has 0 heterocycles. The van der Waals surface area contributed by atoms with Crippen molar-refractivity contribution in [2.24, 2.45) is 5.92 Å². The Morgan fingerprint density at radius 1 is 1.35 bits per heavy atom. The number of carboxylic acid groups (broad SMARTS) is 1. The third-order valence-corrected chi connectivity index (χ3v) is 5.69. The lowest BCUT2D eigenvalue weighted by atomic mass is 10.2. The first-order chi connectivity index (χ1) is 9.22. The van der Waals surface area contributed by atoms with E-state index in [1.54, 1.807) is 0 Å². The summed E-state index contributed by atoms with van der Waals surface area (Å²) in [5.74, 6) is -1.39. The molecular formula is C11H10BrCl2NO4S. The van der Waals surface area contributed by atoms with Gasteiger partial charge in [0.2, 0.25) is 10.0 Å². The van der Waals surface area contributed by atoms with Crippen LogP contribution in [-0.2, 0) is 14.8 Å². The van der Waals surface area contributed by atoms with Crippen LogP contribution >= 0.6 is 39.1 Å². The lowest BCUT2D eigenvalue weighted by Crippen LogP contribution is -2.42. The molecule has 2 N–H and O–H groups in total. The third-order valence-electron chi connectivity index (χ3n) is 2.87. The number of halogens is 3. The Labute approximate surface area is 134 Å². The number of sulfonamides is 1. The summed E-state index contributed by atoms with van der Waals surface area (Å²) in [6.45, 7) is 0. The van der Waals surface area contributed by atoms with E-state index >= 15 is 0 Å². The number of benzene rings is 1. The first-order valence-electron chi connectivity index (χ1n) is 5.62. The fourth-order valence-electron chi connectivity index (χ4n) is 1.79. The molecule has 0 spiro atoms. The summed E-state index contributed by atoms with van der Waals surface area (Å²) in [6, 6.07) is 1.61. The molecule has 9 heteroatoms. The van der Waals surface area contributed by atoms with E-state index in [2.05, 4.69) is 20.7 Å². The highest BCUT2D eigenvalue weighted by Crippen LogP contribution is 2.36. The Morgan fingerprint density at radius 3 is 2.25 bits per heavy atom. The minimum Gasteiger partial charge on any atom is -0.480 e. The first kappa shape index (κ1) is 16.0. The van der Waals surface area contributed by atoms with Crippen molar-refractivity contribution in [2.45, 2.75) is 23.8 Å². The molecular weight excluding hydrogens is 393 g/mol. The molecule has 1 fully saturated rings. The van der Waals surface area contributed by atoms with Crippen molar-refractivity contribution in [1.82, 2.24) is 4.72 Å². The first-order valence-corrected chi connectivity index (χ1v) is 8.65. The Bertz CT molecular complexity index is 637. The highest BCUT2D eigenvalue weighted by molar-refractivity contribution is 9.10. The smallest absolute Gasteiger partial charge is 0.322 e. The van der Waals surface area contributed by atoms with E-state index in [0.29, 0.717) is 17.3 Å². The highest BCUT2D eigenvalue weighted by atomic mass is 79.9. The predicted octanol–water partition coefficient (Wildman–Crippen LogP) is 2.90. The highest BCUT2D eigenvalue weighted by Gasteiger charge is 2.40. The fraction of sp³-hybridized carbons (Fsp3) is 0.364. The van der Waals surface area contributed by atoms with Gasteiger partial charge >= 0.3 is 5.97 Å². The standard InChI is InChI=1S/C11H10BrCl2NO4S/c12-6-3-7(13)10(8(14)4-6)20(18,19)15-9(11(16)17)5-1-2-5/h3-5,9,15H,1-2H2,(H,16,17). The van der Waals surface area contributed by atoms with Gasteiger partial charge < -0.3 is 5.11 Å². The number of aliphatic carboxylic acids is 1. The van der Waals surface area contributed by atoms with Crippen LogP contribution in [0.25, 0.3) is 0 Å². The summed E-state index contributed by atoms with van der Waals surface area (Å²) >= 11 is 14.9. The molecule has 0 amide bonds. The summed E-state index contributed by atoms with van der Waals surface area (Å²) < 4.78 is 27.2. The van der Waals surface area contributed by atoms with Crippen molar-refractivity contribution in [3.05, 3.63) is 26.7 Å². The largest absolute Gasteiger partial charge is 0.480 e. The van der Waals surface area contributed by atoms with E-state index in [0.717, 1.165) is 0 Å². The van der Waals surface area contributed by atoms with E-state index < -0.39 is 22.0 Å². The second-order valence-corrected chi connectivity index (χ2v) is 7.85. The maximum absolute atomic E-state index is 12.3. The van der Waals surface area contributed by atoms with Crippen molar-refractivity contribution < 1.29 is 18.3 Å². The van der Waals surface area contributed by atoms with Gasteiger partial charge in [-0.3, -0.25) is 4.79 Å². The van der Waals surface area contributed by atoms with Gasteiger partial charge in [-0.05, 0) is 30.9 Å². The third kappa shape index (κ3) is 3.46. The summed E-state index contributed by atoms with van der Waals surface area (Å²) in [7, 11) is -4.10. The molecule has 1 aromatic carbocycles. The van der Waals surface area contributed by atoms with Crippen molar-refractivity contribution in [3.63, 3.8) is 0 Å². The molecule has 0 aliphatic heterocycles. The van der Waals surface area contributed by atoms with Gasteiger partial charge in [-0.1, -0.05) is 39.1 Å². The molecule has 0 saturated heterocycles. The summed E-state index contributed by atoms with van der Waals surface area (Å²) in [5, 5.41) is 8.93. The average molecular weight is 403 g/mol. The van der Waals surface area contributed by atoms with Gasteiger partial charge in [-0.25, -0.2) is 8.42 Å². The molecule has 1 aliphatic carbocycles. The Hall–Kier alpha value is -0.340. The van der Waals surface area contributed by atoms with Crippen LogP contribution in [0.1, 0.15) is 12.8 Å². The van der Waals surface area contributed by atoms with Crippen LogP contribution in [-0.4, -0.2) is 25.5 Å². The number of nitrogens with one attached hydrogen (secondary N) is 1. The zero-order chi connectivity index (χ0) is 15.1. The molecule has 1 aromatic rings. The molecule has 5 nitrogen and oxygen atoms in total. The van der Waals surface area contributed by atoms with Crippen LogP contribution in [0, 0.1) is 5.92 Å². The maximum Gasteiger partial charge on any atom is 0.322 e. The van der Waals surface area contributed by atoms with Crippen LogP contribution in [0.3, 0.4) is 0 Å². The number of carbonyl (C=O) groups is 1. The van der Waals surface area contributed by atoms with E-state index in [4.69, 9.17) is 28.3 Å². The Morgan fingerprint density at radius 2 is 1.85 bits per heavy atom. The zero-order valence-corrected chi connectivity index (χ0v) is 13.9. The van der Waals surface area contributed by atoms with Crippen LogP contribution in [0.15, 0.2) is 21.5 Å². The average Bonchev–Trinajstić information content (AvgIpc) is 3.07. The van der Waals surface area contributed by atoms with Gasteiger partial charge in [-0.15, -0.1) is 0 Å². The predicted molar refractivity (Wildman–Crippen MR) is 78.6 cm³/mol. The molecule has 1 saturated carbocycles. The molecule has 1 atom stereocenters. The number of hydrogen-bond donors (Lipinski definition) is 2. The fourth-order valence-corrected chi connectivity index (χ4v) is 4.98. The molecule has 20 heavy (non-hydrogen) atoms. The SMILES string of the molecule is O=C(O)C(NS(=O)(=O)c1c(Cl)cc(Br)cc1Cl)C1CC1. The van der Waals surface area contributed by atoms with E-state index in [1.807, 2.05) is 0 Å². The van der Waals surface area contributed by atoms with Crippen LogP contribution in [0.4, 0.5) is 0 Å². The van der Waals surface area contributed by atoms with E-state index in [9.17, 15) is 13.2 Å². The number of rotatable bonds is 5. The zero-order valence-electron chi connectivity index (χ0n) is 9.94. The second-order valence-electron chi connectivity index (χ2n) is 4.47. The molecule has 0 aromatic heterocycles. The van der Waals surface area contributed by atoms with Crippen molar-refractivity contribution in [2.75, 3.05) is 0 Å². The molecule has 0 bridgehead atoms. The van der Waals surface area contributed by atoms with Crippen LogP contribution < -0.4 is 4.72 Å². The topological polar surface area (TPSA) is 83.5 Å². The summed E-state index contributed by atoms with van der Waals surface area (Å²) in [6.07, 6.45) is 1.36. The summed E-state index contributed by atoms with van der Waals surface area (Å²) in [4.78, 5) is 10.8. The molecule has 2 rings (SSSR count). The number of hydrogen-bond acceptors (Lipinski definition) is 3. The van der Waals surface area contributed by atoms with Crippen LogP contribution in [0.2, 0.25) is 10.0 Å². The Kier molecular flexibility index (Phi) is 4.66. The molecule has 0 radical (unpaired) electrons. The lowest BCUT2D eigenvalue weighted by Gasteiger charge is -2.15. The normalized spacial score (nSPS) is 16.9. The van der Waals surface area contributed by atoms with Crippen molar-refractivity contribution >= 4 is 55.1 Å². The monoisotopic (exact) mass is 401 g/mol. The van der Waals surface area contributed by atoms with Gasteiger partial charge in [0.25, 0.3) is 0 Å². The Balaban J connectivity index is 2.38. The number of carboxylic acids is 1. The minimum atomic E-state index is -4.10. The minimum absolute atomic E-state index is 0.0724. The van der Waals surface area contributed by atoms with Gasteiger partial charge in [-0.2, -0.15) is 4.72 Å². The van der Waals surface area contributed by atoms with Gasteiger partial charge in [0.1, 0.15) is 10.9 Å². The maximum atomic E-state index is 12.3. The molecule has 1 aliphatic rings. The quantitative estimate of drug-likeness (QED) is 0.792. The van der Waals surface area contributed by atoms with Crippen molar-refractivity contribution in [1.29, 1.82) is 0 Å². The van der Waals surface area contributed by atoms with Gasteiger partial charge in [0.15, 0.2) is 0 Å². The van der Waals surface area contributed by atoms with E-state index in [1.165, 1.54) is 12.1 Å². The van der Waals surface area contributed by atoms with Gasteiger partial charge in [0.05, 0.1) is 10.0 Å². The summed E-state index contributed by atoms with van der Waals surface area (Å²) in [5.41, 5.74) is 0. The second kappa shape index (κ2) is 5.81.